The second-order valence-electron chi connectivity index (χ2n) is 1.23. The van der Waals surface area contributed by atoms with E-state index in [0.717, 1.165) is 0 Å². The van der Waals surface area contributed by atoms with E-state index in [1.807, 2.05) is 0 Å². The van der Waals surface area contributed by atoms with Crippen molar-refractivity contribution in [1.29, 1.82) is 0 Å². The molecule has 0 bridgehead atoms. The first-order valence-electron chi connectivity index (χ1n) is 2.08. The van der Waals surface area contributed by atoms with Crippen molar-refractivity contribution in [2.75, 3.05) is 5.88 Å². The van der Waals surface area contributed by atoms with Crippen LogP contribution in [0.15, 0.2) is 0 Å². The third-order valence-corrected chi connectivity index (χ3v) is 0.928. The third-order valence-electron chi connectivity index (χ3n) is 0.664. The zero-order chi connectivity index (χ0) is 7.28. The molecule has 0 aliphatic rings. The zero-order valence-electron chi connectivity index (χ0n) is 4.47. The number of alkyl halides is 1. The summed E-state index contributed by atoms with van der Waals surface area (Å²) in [6.07, 6.45) is -1.22. The van der Waals surface area contributed by atoms with Gasteiger partial charge in [-0.05, 0) is 0 Å². The molecule has 0 spiro atoms. The number of halogens is 1. The summed E-state index contributed by atoms with van der Waals surface area (Å²) in [4.78, 5) is 15.9. The molecule has 46 valence electrons. The fourth-order valence-electron chi connectivity index (χ4n) is 0.242. The van der Waals surface area contributed by atoms with Gasteiger partial charge in [0.25, 0.3) is 0 Å². The van der Waals surface area contributed by atoms with Gasteiger partial charge in [-0.2, -0.15) is 0 Å². The van der Waals surface area contributed by atoms with Crippen LogP contribution in [0.3, 0.4) is 0 Å². The minimum atomic E-state index is -1.22. The van der Waals surface area contributed by atoms with Gasteiger partial charge in [-0.25, -0.2) is 22.8 Å². The highest BCUT2D eigenvalue weighted by Crippen LogP contribution is 1.95. The van der Waals surface area contributed by atoms with Crippen molar-refractivity contribution in [2.45, 2.75) is 6.17 Å². The Morgan fingerprint density at radius 2 is 2.00 bits per heavy atom. The number of hydrogen-bond donors (Lipinski definition) is 0. The maximum atomic E-state index is 10.4. The van der Waals surface area contributed by atoms with Crippen LogP contribution < -0.4 is 0 Å². The largest absolute Gasteiger partial charge is 0.536 e. The lowest BCUT2D eigenvalue weighted by Crippen LogP contribution is -2.13. The number of rotatable bonds is 2. The monoisotopic (exact) mass is 142 g/mol. The molecule has 0 fully saturated rings. The Morgan fingerprint density at radius 3 is 2.11 bits per heavy atom. The van der Waals surface area contributed by atoms with E-state index in [0.29, 0.717) is 0 Å². The van der Waals surface area contributed by atoms with Gasteiger partial charge >= 0.3 is 11.9 Å². The van der Waals surface area contributed by atoms with Gasteiger partial charge in [0.15, 0.2) is 0 Å². The molecule has 0 saturated carbocycles. The summed E-state index contributed by atoms with van der Waals surface area (Å²) in [5.41, 5.74) is 0. The second kappa shape index (κ2) is 3.88. The quantitative estimate of drug-likeness (QED) is 0.417. The minimum absolute atomic E-state index is 0.255. The van der Waals surface area contributed by atoms with Gasteiger partial charge in [0.05, 0.1) is 5.88 Å². The topological polar surface area (TPSA) is 25.8 Å². The van der Waals surface area contributed by atoms with Crippen molar-refractivity contribution in [1.82, 2.24) is 0 Å². The van der Waals surface area contributed by atoms with Crippen LogP contribution in [0, 0.1) is 13.1 Å². The summed E-state index contributed by atoms with van der Waals surface area (Å²) in [5.74, 6) is -0.781. The number of ketones is 1. The molecule has 3 nitrogen and oxygen atoms in total. The Kier molecular flexibility index (Phi) is 3.43. The van der Waals surface area contributed by atoms with E-state index in [9.17, 15) is 4.79 Å². The Hall–Kier alpha value is -1.06. The van der Waals surface area contributed by atoms with Gasteiger partial charge < -0.3 is 0 Å². The number of nitrogens with zero attached hydrogens (tertiary/aromatic N) is 2. The van der Waals surface area contributed by atoms with E-state index in [4.69, 9.17) is 24.7 Å². The molecule has 4 heteroatoms. The molecule has 0 amide bonds. The lowest BCUT2D eigenvalue weighted by Gasteiger charge is -1.83. The second-order valence-corrected chi connectivity index (χ2v) is 1.50. The average molecular weight is 143 g/mol. The minimum Gasteiger partial charge on any atom is -0.280 e. The summed E-state index contributed by atoms with van der Waals surface area (Å²) in [6.45, 7) is 12.7. The normalized spacial score (nSPS) is 8.00. The van der Waals surface area contributed by atoms with Crippen LogP contribution in [0.2, 0.25) is 0 Å². The lowest BCUT2D eigenvalue weighted by atomic mass is 10.4. The first-order valence-corrected chi connectivity index (χ1v) is 2.61. The molecule has 0 atom stereocenters. The van der Waals surface area contributed by atoms with Crippen molar-refractivity contribution < 1.29 is 4.79 Å². The fourth-order valence-corrected chi connectivity index (χ4v) is 0.380. The van der Waals surface area contributed by atoms with Crippen LogP contribution in [-0.2, 0) is 4.79 Å². The Bertz CT molecular complexity index is 174. The number of Topliss-reactive ketones (excluding diaryl/α,β-unsaturated/α-hetero) is 1. The molecular weight excluding hydrogens is 140 g/mol. The highest BCUT2D eigenvalue weighted by Gasteiger charge is 2.25. The van der Waals surface area contributed by atoms with E-state index < -0.39 is 11.9 Å². The fraction of sp³-hybridized carbons (Fsp3) is 0.400. The van der Waals surface area contributed by atoms with Crippen LogP contribution in [0.5, 0.6) is 0 Å². The van der Waals surface area contributed by atoms with Crippen LogP contribution in [0.1, 0.15) is 0 Å². The molecule has 0 radical (unpaired) electrons. The van der Waals surface area contributed by atoms with Gasteiger partial charge in [-0.15, -0.1) is 11.6 Å². The third kappa shape index (κ3) is 2.12. The van der Waals surface area contributed by atoms with Crippen LogP contribution in [0.4, 0.5) is 0 Å². The summed E-state index contributed by atoms with van der Waals surface area (Å²) >= 11 is 5.07. The van der Waals surface area contributed by atoms with E-state index in [-0.39, 0.29) is 5.88 Å². The van der Waals surface area contributed by atoms with Crippen molar-refractivity contribution in [2.24, 2.45) is 0 Å². The first-order chi connectivity index (χ1) is 4.26. The number of carbonyl (C=O) groups excluding carboxylic acids is 1. The zero-order valence-corrected chi connectivity index (χ0v) is 5.22. The van der Waals surface area contributed by atoms with E-state index in [1.165, 1.54) is 0 Å². The molecule has 9 heavy (non-hydrogen) atoms. The van der Waals surface area contributed by atoms with Crippen LogP contribution >= 0.6 is 11.6 Å². The van der Waals surface area contributed by atoms with Crippen LogP contribution in [0.25, 0.3) is 9.69 Å². The van der Waals surface area contributed by atoms with Crippen molar-refractivity contribution in [3.8, 4) is 0 Å². The molecular formula is C5H3ClN2O. The molecule has 0 aromatic carbocycles. The van der Waals surface area contributed by atoms with Gasteiger partial charge in [0.1, 0.15) is 0 Å². The molecule has 0 aliphatic carbocycles. The smallest absolute Gasteiger partial charge is 0.280 e. The van der Waals surface area contributed by atoms with Crippen molar-refractivity contribution >= 4 is 17.4 Å². The highest BCUT2D eigenvalue weighted by atomic mass is 35.5. The molecule has 0 heterocycles. The lowest BCUT2D eigenvalue weighted by molar-refractivity contribution is -0.116. The molecule has 0 aromatic heterocycles. The Morgan fingerprint density at radius 1 is 1.56 bits per heavy atom. The summed E-state index contributed by atoms with van der Waals surface area (Å²) in [6, 6.07) is 0. The van der Waals surface area contributed by atoms with Crippen molar-refractivity contribution in [3.05, 3.63) is 22.8 Å². The van der Waals surface area contributed by atoms with Gasteiger partial charge in [-0.3, -0.25) is 4.79 Å². The van der Waals surface area contributed by atoms with E-state index in [1.54, 1.807) is 0 Å². The van der Waals surface area contributed by atoms with Crippen molar-refractivity contribution in [3.63, 3.8) is 0 Å². The SMILES string of the molecule is [C-]#[N+]C([N+]#[C-])C(=O)CCl. The maximum Gasteiger partial charge on any atom is 0.536 e. The first kappa shape index (κ1) is 7.94. The molecule has 0 aromatic rings. The maximum absolute atomic E-state index is 10.4. The molecule has 0 N–H and O–H groups in total. The Labute approximate surface area is 57.9 Å². The molecule has 0 saturated heterocycles. The van der Waals surface area contributed by atoms with Gasteiger partial charge in [-0.1, -0.05) is 0 Å². The highest BCUT2D eigenvalue weighted by molar-refractivity contribution is 6.28. The molecule has 0 aliphatic heterocycles. The predicted octanol–water partition coefficient (Wildman–Crippen LogP) is 0.959. The number of carbonyl (C=O) groups is 1. The van der Waals surface area contributed by atoms with Gasteiger partial charge in [0.2, 0.25) is 0 Å². The Balaban J connectivity index is 4.05. The van der Waals surface area contributed by atoms with Crippen LogP contribution in [-0.4, -0.2) is 17.8 Å². The predicted molar refractivity (Wildman–Crippen MR) is 32.7 cm³/mol. The summed E-state index contributed by atoms with van der Waals surface area (Å²) < 4.78 is 0. The molecule has 0 rings (SSSR count). The average Bonchev–Trinajstić information content (AvgIpc) is 1.90. The van der Waals surface area contributed by atoms with E-state index in [2.05, 4.69) is 9.69 Å². The summed E-state index contributed by atoms with van der Waals surface area (Å²) in [5, 5.41) is 0. The van der Waals surface area contributed by atoms with E-state index >= 15 is 0 Å². The van der Waals surface area contributed by atoms with Gasteiger partial charge in [0, 0.05) is 0 Å². The molecule has 0 unspecified atom stereocenters. The number of hydrogen-bond acceptors (Lipinski definition) is 1. The summed E-state index contributed by atoms with van der Waals surface area (Å²) in [7, 11) is 0. The standard InChI is InChI=1S/C5H3ClN2O/c1-7-5(8-2)4(9)3-6/h5H,3H2.